The summed E-state index contributed by atoms with van der Waals surface area (Å²) in [7, 11) is 2.08. The fourth-order valence-electron chi connectivity index (χ4n) is 2.84. The van der Waals surface area contributed by atoms with Crippen molar-refractivity contribution >= 4 is 0 Å². The lowest BCUT2D eigenvalue weighted by atomic mass is 10.0. The number of likely N-dealkylation sites (N-methyl/N-ethyl adjacent to an activating group) is 1. The summed E-state index contributed by atoms with van der Waals surface area (Å²) in [6.45, 7) is 8.09. The van der Waals surface area contributed by atoms with E-state index in [-0.39, 0.29) is 0 Å². The van der Waals surface area contributed by atoms with Crippen molar-refractivity contribution < 1.29 is 0 Å². The first-order valence-corrected chi connectivity index (χ1v) is 7.17. The predicted molar refractivity (Wildman–Crippen MR) is 77.7 cm³/mol. The van der Waals surface area contributed by atoms with Gasteiger partial charge in [-0.1, -0.05) is 38.1 Å². The summed E-state index contributed by atoms with van der Waals surface area (Å²) in [5, 5.41) is 3.45. The highest BCUT2D eigenvalue weighted by molar-refractivity contribution is 5.28. The van der Waals surface area contributed by atoms with Gasteiger partial charge in [0.1, 0.15) is 0 Å². The molecule has 0 fully saturated rings. The Bertz CT molecular complexity index is 373. The maximum absolute atomic E-state index is 3.45. The molecule has 0 aromatic heterocycles. The fourth-order valence-corrected chi connectivity index (χ4v) is 2.84. The standard InChI is InChI=1S/C16H26N2/c1-13(2)16(17-3)12-18-10-6-9-14-7-4-5-8-15(14)11-18/h4-5,7-8,13,16-17H,6,9-12H2,1-3H3. The van der Waals surface area contributed by atoms with Crippen LogP contribution in [0.4, 0.5) is 0 Å². The molecule has 0 bridgehead atoms. The van der Waals surface area contributed by atoms with E-state index in [4.69, 9.17) is 0 Å². The van der Waals surface area contributed by atoms with Gasteiger partial charge in [-0.15, -0.1) is 0 Å². The molecule has 1 aromatic rings. The first-order chi connectivity index (χ1) is 8.70. The van der Waals surface area contributed by atoms with E-state index in [0.29, 0.717) is 12.0 Å². The van der Waals surface area contributed by atoms with E-state index in [9.17, 15) is 0 Å². The monoisotopic (exact) mass is 246 g/mol. The maximum atomic E-state index is 3.45. The van der Waals surface area contributed by atoms with Gasteiger partial charge in [-0.2, -0.15) is 0 Å². The summed E-state index contributed by atoms with van der Waals surface area (Å²) in [4.78, 5) is 2.60. The topological polar surface area (TPSA) is 15.3 Å². The van der Waals surface area contributed by atoms with Gasteiger partial charge in [0.25, 0.3) is 0 Å². The molecule has 2 nitrogen and oxygen atoms in total. The number of hydrogen-bond acceptors (Lipinski definition) is 2. The van der Waals surface area contributed by atoms with Gasteiger partial charge >= 0.3 is 0 Å². The van der Waals surface area contributed by atoms with Crippen LogP contribution in [0.1, 0.15) is 31.4 Å². The van der Waals surface area contributed by atoms with E-state index in [0.717, 1.165) is 13.1 Å². The summed E-state index contributed by atoms with van der Waals surface area (Å²) in [5.74, 6) is 0.688. The van der Waals surface area contributed by atoms with Crippen LogP contribution in [0.15, 0.2) is 24.3 Å². The second kappa shape index (κ2) is 6.35. The third-order valence-electron chi connectivity index (χ3n) is 4.06. The second-order valence-electron chi connectivity index (χ2n) is 5.75. The first kappa shape index (κ1) is 13.6. The lowest BCUT2D eigenvalue weighted by Gasteiger charge is -2.28. The van der Waals surface area contributed by atoms with Crippen molar-refractivity contribution in [2.45, 2.75) is 39.3 Å². The van der Waals surface area contributed by atoms with Crippen molar-refractivity contribution in [2.24, 2.45) is 5.92 Å². The van der Waals surface area contributed by atoms with Crippen molar-refractivity contribution in [3.05, 3.63) is 35.4 Å². The van der Waals surface area contributed by atoms with E-state index in [1.165, 1.54) is 24.9 Å². The van der Waals surface area contributed by atoms with Gasteiger partial charge in [0.05, 0.1) is 0 Å². The SMILES string of the molecule is CNC(CN1CCCc2ccccc2C1)C(C)C. The molecule has 0 spiro atoms. The van der Waals surface area contributed by atoms with Crippen LogP contribution >= 0.6 is 0 Å². The van der Waals surface area contributed by atoms with Gasteiger partial charge in [0.2, 0.25) is 0 Å². The minimum Gasteiger partial charge on any atom is -0.315 e. The van der Waals surface area contributed by atoms with Crippen LogP contribution in [0.5, 0.6) is 0 Å². The van der Waals surface area contributed by atoms with E-state index < -0.39 is 0 Å². The normalized spacial score (nSPS) is 18.4. The maximum Gasteiger partial charge on any atom is 0.0237 e. The molecular formula is C16H26N2. The van der Waals surface area contributed by atoms with E-state index >= 15 is 0 Å². The molecule has 0 amide bonds. The van der Waals surface area contributed by atoms with Crippen LogP contribution in [0, 0.1) is 5.92 Å². The Labute approximate surface area is 111 Å². The third kappa shape index (κ3) is 3.33. The van der Waals surface area contributed by atoms with Gasteiger partial charge < -0.3 is 5.32 Å². The van der Waals surface area contributed by atoms with Crippen LogP contribution < -0.4 is 5.32 Å². The molecule has 2 rings (SSSR count). The van der Waals surface area contributed by atoms with Crippen molar-refractivity contribution in [3.8, 4) is 0 Å². The zero-order chi connectivity index (χ0) is 13.0. The number of rotatable bonds is 4. The molecule has 100 valence electrons. The molecule has 2 heteroatoms. The Morgan fingerprint density at radius 2 is 1.94 bits per heavy atom. The molecule has 0 radical (unpaired) electrons. The van der Waals surface area contributed by atoms with Gasteiger partial charge in [-0.3, -0.25) is 4.90 Å². The van der Waals surface area contributed by atoms with Gasteiger partial charge in [-0.05, 0) is 43.5 Å². The Morgan fingerprint density at radius 3 is 2.61 bits per heavy atom. The zero-order valence-electron chi connectivity index (χ0n) is 11.9. The Kier molecular flexibility index (Phi) is 4.79. The molecule has 0 saturated heterocycles. The predicted octanol–water partition coefficient (Wildman–Crippen LogP) is 2.68. The van der Waals surface area contributed by atoms with Crippen LogP contribution in [-0.2, 0) is 13.0 Å². The average Bonchev–Trinajstić information content (AvgIpc) is 2.57. The molecule has 18 heavy (non-hydrogen) atoms. The second-order valence-corrected chi connectivity index (χ2v) is 5.75. The van der Waals surface area contributed by atoms with Crippen LogP contribution in [0.25, 0.3) is 0 Å². The smallest absolute Gasteiger partial charge is 0.0237 e. The number of aryl methyl sites for hydroxylation is 1. The van der Waals surface area contributed by atoms with Crippen molar-refractivity contribution in [2.75, 3.05) is 20.1 Å². The Balaban J connectivity index is 2.03. The van der Waals surface area contributed by atoms with E-state index in [1.807, 2.05) is 0 Å². The lowest BCUT2D eigenvalue weighted by molar-refractivity contribution is 0.218. The number of fused-ring (bicyclic) bond motifs is 1. The fraction of sp³-hybridized carbons (Fsp3) is 0.625. The number of nitrogens with zero attached hydrogens (tertiary/aromatic N) is 1. The minimum absolute atomic E-state index is 0.593. The van der Waals surface area contributed by atoms with Crippen molar-refractivity contribution in [1.82, 2.24) is 10.2 Å². The van der Waals surface area contributed by atoms with Crippen LogP contribution in [-0.4, -0.2) is 31.1 Å². The van der Waals surface area contributed by atoms with E-state index in [2.05, 4.69) is 55.4 Å². The summed E-state index contributed by atoms with van der Waals surface area (Å²) in [5.41, 5.74) is 3.07. The molecular weight excluding hydrogens is 220 g/mol. The quantitative estimate of drug-likeness (QED) is 0.878. The molecule has 0 saturated carbocycles. The molecule has 1 heterocycles. The number of nitrogens with one attached hydrogen (secondary N) is 1. The third-order valence-corrected chi connectivity index (χ3v) is 4.06. The van der Waals surface area contributed by atoms with Gasteiger partial charge in [-0.25, -0.2) is 0 Å². The summed E-state index contributed by atoms with van der Waals surface area (Å²) in [6, 6.07) is 9.50. The van der Waals surface area contributed by atoms with Gasteiger partial charge in [0.15, 0.2) is 0 Å². The Hall–Kier alpha value is -0.860. The molecule has 1 aliphatic rings. The molecule has 1 unspecified atom stereocenters. The number of hydrogen-bond donors (Lipinski definition) is 1. The summed E-state index contributed by atoms with van der Waals surface area (Å²) >= 11 is 0. The highest BCUT2D eigenvalue weighted by Crippen LogP contribution is 2.19. The lowest BCUT2D eigenvalue weighted by Crippen LogP contribution is -2.42. The molecule has 1 aromatic carbocycles. The molecule has 0 aliphatic carbocycles. The Morgan fingerprint density at radius 1 is 1.22 bits per heavy atom. The highest BCUT2D eigenvalue weighted by atomic mass is 15.1. The first-order valence-electron chi connectivity index (χ1n) is 7.17. The van der Waals surface area contributed by atoms with Crippen LogP contribution in [0.3, 0.4) is 0 Å². The van der Waals surface area contributed by atoms with Gasteiger partial charge in [0, 0.05) is 19.1 Å². The summed E-state index contributed by atoms with van der Waals surface area (Å²) in [6.07, 6.45) is 2.52. The minimum atomic E-state index is 0.593. The molecule has 1 aliphatic heterocycles. The average molecular weight is 246 g/mol. The molecule has 1 N–H and O–H groups in total. The van der Waals surface area contributed by atoms with Crippen molar-refractivity contribution in [3.63, 3.8) is 0 Å². The summed E-state index contributed by atoms with van der Waals surface area (Å²) < 4.78 is 0. The molecule has 1 atom stereocenters. The largest absolute Gasteiger partial charge is 0.315 e. The zero-order valence-corrected chi connectivity index (χ0v) is 11.9. The number of benzene rings is 1. The van der Waals surface area contributed by atoms with Crippen LogP contribution in [0.2, 0.25) is 0 Å². The van der Waals surface area contributed by atoms with Crippen molar-refractivity contribution in [1.29, 1.82) is 0 Å². The highest BCUT2D eigenvalue weighted by Gasteiger charge is 2.18. The van der Waals surface area contributed by atoms with E-state index in [1.54, 1.807) is 5.56 Å².